The highest BCUT2D eigenvalue weighted by Crippen LogP contribution is 2.32. The van der Waals surface area contributed by atoms with Crippen molar-refractivity contribution in [3.63, 3.8) is 0 Å². The van der Waals surface area contributed by atoms with Crippen molar-refractivity contribution in [1.82, 2.24) is 9.38 Å². The number of carboxylic acid groups (broad SMARTS) is 1. The van der Waals surface area contributed by atoms with E-state index in [1.165, 1.54) is 11.0 Å². The molecule has 0 radical (unpaired) electrons. The number of aromatic carboxylic acids is 1. The Morgan fingerprint density at radius 3 is 2.62 bits per heavy atom. The van der Waals surface area contributed by atoms with Gasteiger partial charge in [0.2, 0.25) is 0 Å². The Kier molecular flexibility index (Phi) is 5.91. The number of hydrogen-bond acceptors (Lipinski definition) is 6. The number of rotatable bonds is 5. The number of aromatic nitrogens is 2. The first-order chi connectivity index (χ1) is 16.1. The topological polar surface area (TPSA) is 111 Å². The van der Waals surface area contributed by atoms with Gasteiger partial charge in [-0.25, -0.2) is 22.9 Å². The molecule has 4 rings (SSSR count). The molecule has 2 N–H and O–H groups in total. The molecule has 1 atom stereocenters. The van der Waals surface area contributed by atoms with E-state index in [1.54, 1.807) is 31.2 Å². The lowest BCUT2D eigenvalue weighted by atomic mass is 10.1. The molecule has 3 aromatic rings. The zero-order valence-corrected chi connectivity index (χ0v) is 18.1. The Balaban J connectivity index is 1.83. The van der Waals surface area contributed by atoms with E-state index in [4.69, 9.17) is 0 Å². The lowest BCUT2D eigenvalue weighted by Gasteiger charge is -2.33. The first kappa shape index (κ1) is 23.1. The van der Waals surface area contributed by atoms with Crippen molar-refractivity contribution in [2.75, 3.05) is 23.3 Å². The summed E-state index contributed by atoms with van der Waals surface area (Å²) < 4.78 is 42.7. The standard InChI is InChI=1S/C23H20F3N5O3/c1-13(28-18-5-3-2-4-15(18)22(33)34)16-10-14(24)12-31-20(16)29-19(17(11-27)21(31)32)30-8-6-23(25,26)7-9-30/h2-5,10,12-13,28H,6-9H2,1H3,(H,33,34)/t13-/m1/s1. The monoisotopic (exact) mass is 471 g/mol. The molecule has 0 amide bonds. The third-order valence-electron chi connectivity index (χ3n) is 5.80. The number of carbonyl (C=O) groups is 1. The first-order valence-electron chi connectivity index (χ1n) is 10.5. The summed E-state index contributed by atoms with van der Waals surface area (Å²) in [6, 6.07) is 8.39. The van der Waals surface area contributed by atoms with Crippen LogP contribution in [0.15, 0.2) is 41.3 Å². The molecule has 176 valence electrons. The third kappa shape index (κ3) is 4.26. The molecule has 1 aromatic carbocycles. The molecule has 0 saturated carbocycles. The average Bonchev–Trinajstić information content (AvgIpc) is 2.79. The molecule has 11 heteroatoms. The van der Waals surface area contributed by atoms with Gasteiger partial charge in [0.1, 0.15) is 17.5 Å². The number of halogens is 3. The van der Waals surface area contributed by atoms with E-state index in [0.717, 1.165) is 16.7 Å². The number of nitrogens with one attached hydrogen (secondary N) is 1. The molecule has 34 heavy (non-hydrogen) atoms. The lowest BCUT2D eigenvalue weighted by Crippen LogP contribution is -2.41. The fourth-order valence-electron chi connectivity index (χ4n) is 4.02. The number of nitriles is 1. The highest BCUT2D eigenvalue weighted by molar-refractivity contribution is 5.94. The summed E-state index contributed by atoms with van der Waals surface area (Å²) in [6.45, 7) is 1.44. The minimum atomic E-state index is -2.83. The summed E-state index contributed by atoms with van der Waals surface area (Å²) in [5.74, 6) is -4.79. The van der Waals surface area contributed by atoms with Crippen LogP contribution in [0, 0.1) is 17.1 Å². The summed E-state index contributed by atoms with van der Waals surface area (Å²) in [6.07, 6.45) is 0.0132. The van der Waals surface area contributed by atoms with Crippen molar-refractivity contribution in [1.29, 1.82) is 5.26 Å². The molecular weight excluding hydrogens is 451 g/mol. The molecule has 0 bridgehead atoms. The van der Waals surface area contributed by atoms with Crippen LogP contribution < -0.4 is 15.8 Å². The van der Waals surface area contributed by atoms with Crippen LogP contribution in [0.2, 0.25) is 0 Å². The number of piperidine rings is 1. The third-order valence-corrected chi connectivity index (χ3v) is 5.80. The maximum Gasteiger partial charge on any atom is 0.337 e. The predicted molar refractivity (Wildman–Crippen MR) is 118 cm³/mol. The molecule has 0 aliphatic carbocycles. The quantitative estimate of drug-likeness (QED) is 0.582. The summed E-state index contributed by atoms with van der Waals surface area (Å²) in [5, 5.41) is 22.0. The second kappa shape index (κ2) is 8.70. The van der Waals surface area contributed by atoms with Crippen molar-refractivity contribution in [2.45, 2.75) is 31.7 Å². The van der Waals surface area contributed by atoms with Crippen LogP contribution in [0.4, 0.5) is 24.7 Å². The van der Waals surface area contributed by atoms with E-state index in [0.29, 0.717) is 0 Å². The van der Waals surface area contributed by atoms with E-state index < -0.39 is 42.2 Å². The maximum absolute atomic E-state index is 14.5. The van der Waals surface area contributed by atoms with Crippen LogP contribution in [-0.4, -0.2) is 39.5 Å². The van der Waals surface area contributed by atoms with Crippen molar-refractivity contribution in [3.8, 4) is 6.07 Å². The number of hydrogen-bond donors (Lipinski definition) is 2. The maximum atomic E-state index is 14.5. The molecule has 3 heterocycles. The zero-order valence-electron chi connectivity index (χ0n) is 18.1. The van der Waals surface area contributed by atoms with Gasteiger partial charge in [0.25, 0.3) is 11.5 Å². The Bertz CT molecular complexity index is 1370. The van der Waals surface area contributed by atoms with Crippen molar-refractivity contribution < 1.29 is 23.1 Å². The van der Waals surface area contributed by atoms with Gasteiger partial charge in [-0.15, -0.1) is 0 Å². The van der Waals surface area contributed by atoms with Gasteiger partial charge >= 0.3 is 5.97 Å². The number of para-hydroxylation sites is 1. The van der Waals surface area contributed by atoms with E-state index in [9.17, 15) is 33.1 Å². The fraction of sp³-hybridized carbons (Fsp3) is 0.304. The molecule has 8 nitrogen and oxygen atoms in total. The van der Waals surface area contributed by atoms with E-state index in [-0.39, 0.29) is 46.9 Å². The van der Waals surface area contributed by atoms with Crippen LogP contribution in [0.25, 0.3) is 5.65 Å². The normalized spacial score (nSPS) is 16.1. The highest BCUT2D eigenvalue weighted by atomic mass is 19.3. The smallest absolute Gasteiger partial charge is 0.337 e. The van der Waals surface area contributed by atoms with Crippen LogP contribution in [-0.2, 0) is 0 Å². The second-order valence-corrected chi connectivity index (χ2v) is 8.09. The summed E-state index contributed by atoms with van der Waals surface area (Å²) in [5.41, 5.74) is -0.646. The number of fused-ring (bicyclic) bond motifs is 1. The lowest BCUT2D eigenvalue weighted by molar-refractivity contribution is -0.0221. The molecule has 1 saturated heterocycles. The number of alkyl halides is 2. The minimum absolute atomic E-state index is 0.00175. The summed E-state index contributed by atoms with van der Waals surface area (Å²) >= 11 is 0. The SMILES string of the molecule is C[C@@H](Nc1ccccc1C(=O)O)c1cc(F)cn2c(=O)c(C#N)c(N3CCC(F)(F)CC3)nc12. The Morgan fingerprint density at radius 2 is 1.97 bits per heavy atom. The largest absolute Gasteiger partial charge is 0.478 e. The Morgan fingerprint density at radius 1 is 1.29 bits per heavy atom. The van der Waals surface area contributed by atoms with Gasteiger partial charge in [-0.05, 0) is 25.1 Å². The average molecular weight is 471 g/mol. The number of anilines is 2. The van der Waals surface area contributed by atoms with E-state index >= 15 is 0 Å². The van der Waals surface area contributed by atoms with Gasteiger partial charge in [-0.1, -0.05) is 12.1 Å². The number of carboxylic acids is 1. The first-order valence-corrected chi connectivity index (χ1v) is 10.5. The molecule has 2 aromatic heterocycles. The number of nitrogens with zero attached hydrogens (tertiary/aromatic N) is 4. The molecular formula is C23H20F3N5O3. The van der Waals surface area contributed by atoms with E-state index in [2.05, 4.69) is 10.3 Å². The van der Waals surface area contributed by atoms with Crippen molar-refractivity contribution >= 4 is 23.1 Å². The second-order valence-electron chi connectivity index (χ2n) is 8.09. The molecule has 0 unspecified atom stereocenters. The van der Waals surface area contributed by atoms with Gasteiger partial charge in [-0.2, -0.15) is 5.26 Å². The number of benzene rings is 1. The molecule has 1 fully saturated rings. The predicted octanol–water partition coefficient (Wildman–Crippen LogP) is 3.81. The summed E-state index contributed by atoms with van der Waals surface area (Å²) in [4.78, 5) is 30.5. The zero-order chi connectivity index (χ0) is 24.6. The molecule has 0 spiro atoms. The van der Waals surface area contributed by atoms with Crippen LogP contribution in [0.1, 0.15) is 47.3 Å². The Labute approximate surface area is 191 Å². The van der Waals surface area contributed by atoms with Gasteiger partial charge in [-0.3, -0.25) is 9.20 Å². The van der Waals surface area contributed by atoms with Gasteiger partial charge in [0, 0.05) is 43.4 Å². The van der Waals surface area contributed by atoms with E-state index in [1.807, 2.05) is 0 Å². The molecule has 1 aliphatic rings. The Hall–Kier alpha value is -4.07. The number of pyridine rings is 1. The highest BCUT2D eigenvalue weighted by Gasteiger charge is 2.35. The van der Waals surface area contributed by atoms with Crippen LogP contribution in [0.3, 0.4) is 0 Å². The van der Waals surface area contributed by atoms with Crippen LogP contribution >= 0.6 is 0 Å². The van der Waals surface area contributed by atoms with Crippen LogP contribution in [0.5, 0.6) is 0 Å². The van der Waals surface area contributed by atoms with Gasteiger partial charge in [0.15, 0.2) is 11.4 Å². The molecule has 1 aliphatic heterocycles. The van der Waals surface area contributed by atoms with Gasteiger partial charge in [0.05, 0.1) is 11.6 Å². The minimum Gasteiger partial charge on any atom is -0.478 e. The van der Waals surface area contributed by atoms with Crippen molar-refractivity contribution in [2.24, 2.45) is 0 Å². The van der Waals surface area contributed by atoms with Crippen molar-refractivity contribution in [3.05, 3.63) is 69.4 Å². The van der Waals surface area contributed by atoms with Gasteiger partial charge < -0.3 is 15.3 Å². The fourth-order valence-corrected chi connectivity index (χ4v) is 4.02. The summed E-state index contributed by atoms with van der Waals surface area (Å²) in [7, 11) is 0.